The first-order valence-corrected chi connectivity index (χ1v) is 5.38. The number of nitrogens with zero attached hydrogens (tertiary/aromatic N) is 2. The molecule has 2 aromatic heterocycles. The van der Waals surface area contributed by atoms with E-state index in [9.17, 15) is 0 Å². The Morgan fingerprint density at radius 1 is 1.56 bits per heavy atom. The van der Waals surface area contributed by atoms with Gasteiger partial charge < -0.3 is 9.47 Å². The van der Waals surface area contributed by atoms with Gasteiger partial charge in [0.15, 0.2) is 0 Å². The number of aromatic nitrogens is 3. The van der Waals surface area contributed by atoms with Crippen molar-refractivity contribution in [1.82, 2.24) is 15.2 Å². The zero-order chi connectivity index (χ0) is 11.0. The number of H-pyrrole nitrogens is 1. The molecule has 1 fully saturated rings. The average Bonchev–Trinajstić information content (AvgIpc) is 2.90. The summed E-state index contributed by atoms with van der Waals surface area (Å²) in [5, 5.41) is 8.08. The van der Waals surface area contributed by atoms with Crippen LogP contribution in [0.5, 0.6) is 5.88 Å². The van der Waals surface area contributed by atoms with Gasteiger partial charge in [0.2, 0.25) is 5.88 Å². The van der Waals surface area contributed by atoms with Gasteiger partial charge in [-0.1, -0.05) is 0 Å². The van der Waals surface area contributed by atoms with Crippen molar-refractivity contribution < 1.29 is 9.47 Å². The minimum absolute atomic E-state index is 0.118. The summed E-state index contributed by atoms with van der Waals surface area (Å²) in [4.78, 5) is 4.27. The van der Waals surface area contributed by atoms with Crippen LogP contribution in [0.25, 0.3) is 10.9 Å². The topological polar surface area (TPSA) is 60.0 Å². The van der Waals surface area contributed by atoms with Gasteiger partial charge in [0.05, 0.1) is 24.1 Å². The lowest BCUT2D eigenvalue weighted by Gasteiger charge is -2.11. The number of aromatic amines is 1. The van der Waals surface area contributed by atoms with Crippen LogP contribution >= 0.6 is 0 Å². The molecule has 0 spiro atoms. The predicted molar refractivity (Wildman–Crippen MR) is 58.5 cm³/mol. The second-order valence-corrected chi connectivity index (χ2v) is 3.96. The normalized spacial score (nSPS) is 20.4. The summed E-state index contributed by atoms with van der Waals surface area (Å²) >= 11 is 0. The van der Waals surface area contributed by atoms with E-state index < -0.39 is 0 Å². The van der Waals surface area contributed by atoms with Crippen LogP contribution in [0.15, 0.2) is 12.3 Å². The Labute approximate surface area is 92.8 Å². The van der Waals surface area contributed by atoms with Crippen molar-refractivity contribution in [3.8, 4) is 5.88 Å². The van der Waals surface area contributed by atoms with Crippen LogP contribution in [0.4, 0.5) is 0 Å². The van der Waals surface area contributed by atoms with Crippen molar-refractivity contribution in [1.29, 1.82) is 0 Å². The summed E-state index contributed by atoms with van der Waals surface area (Å²) in [5.74, 6) is 0.652. The van der Waals surface area contributed by atoms with Gasteiger partial charge in [0.25, 0.3) is 0 Å². The van der Waals surface area contributed by atoms with E-state index in [-0.39, 0.29) is 6.10 Å². The van der Waals surface area contributed by atoms with Crippen LogP contribution < -0.4 is 4.74 Å². The molecule has 0 aromatic carbocycles. The van der Waals surface area contributed by atoms with E-state index in [2.05, 4.69) is 15.2 Å². The highest BCUT2D eigenvalue weighted by atomic mass is 16.5. The van der Waals surface area contributed by atoms with E-state index in [1.165, 1.54) is 0 Å². The van der Waals surface area contributed by atoms with Crippen LogP contribution in [0.1, 0.15) is 12.1 Å². The van der Waals surface area contributed by atoms with Crippen molar-refractivity contribution in [2.45, 2.75) is 19.4 Å². The molecular weight excluding hydrogens is 206 g/mol. The minimum atomic E-state index is 0.118. The molecule has 0 bridgehead atoms. The van der Waals surface area contributed by atoms with Crippen LogP contribution in [0.3, 0.4) is 0 Å². The fraction of sp³-hybridized carbons (Fsp3) is 0.455. The van der Waals surface area contributed by atoms with Crippen molar-refractivity contribution in [2.24, 2.45) is 0 Å². The van der Waals surface area contributed by atoms with Gasteiger partial charge in [-0.05, 0) is 13.0 Å². The van der Waals surface area contributed by atoms with E-state index in [0.717, 1.165) is 29.6 Å². The first-order chi connectivity index (χ1) is 7.84. The lowest BCUT2D eigenvalue weighted by atomic mass is 10.2. The van der Waals surface area contributed by atoms with Gasteiger partial charge in [-0.2, -0.15) is 5.10 Å². The zero-order valence-electron chi connectivity index (χ0n) is 9.06. The van der Waals surface area contributed by atoms with Crippen molar-refractivity contribution in [2.75, 3.05) is 13.2 Å². The van der Waals surface area contributed by atoms with E-state index in [4.69, 9.17) is 9.47 Å². The highest BCUT2D eigenvalue weighted by Crippen LogP contribution is 2.26. The van der Waals surface area contributed by atoms with Gasteiger partial charge >= 0.3 is 0 Å². The Balaban J connectivity index is 1.98. The predicted octanol–water partition coefficient (Wildman–Crippen LogP) is 1.43. The van der Waals surface area contributed by atoms with Gasteiger partial charge in [-0.25, -0.2) is 4.98 Å². The number of nitrogens with one attached hydrogen (secondary N) is 1. The highest BCUT2D eigenvalue weighted by Gasteiger charge is 2.19. The molecule has 84 valence electrons. The maximum Gasteiger partial charge on any atom is 0.225 e. The summed E-state index contributed by atoms with van der Waals surface area (Å²) in [5.41, 5.74) is 1.87. The molecule has 0 unspecified atom stereocenters. The van der Waals surface area contributed by atoms with Gasteiger partial charge in [-0.15, -0.1) is 0 Å². The Kier molecular flexibility index (Phi) is 2.25. The number of ether oxygens (including phenoxy) is 2. The van der Waals surface area contributed by atoms with E-state index >= 15 is 0 Å². The maximum absolute atomic E-state index is 5.83. The van der Waals surface area contributed by atoms with Crippen LogP contribution in [-0.2, 0) is 4.74 Å². The molecule has 0 radical (unpaired) electrons. The standard InChI is InChI=1S/C11H13N3O2/c1-7-10-9(14-13-7)2-4-12-11(10)16-8-3-5-15-6-8/h2,4,8H,3,5-6H2,1H3,(H,13,14)/t8-/m0/s1. The van der Waals surface area contributed by atoms with Crippen molar-refractivity contribution in [3.63, 3.8) is 0 Å². The smallest absolute Gasteiger partial charge is 0.225 e. The Hall–Kier alpha value is -1.62. The molecule has 5 heteroatoms. The monoisotopic (exact) mass is 219 g/mol. The third kappa shape index (κ3) is 1.53. The summed E-state index contributed by atoms with van der Waals surface area (Å²) in [6.07, 6.45) is 2.76. The Morgan fingerprint density at radius 2 is 2.50 bits per heavy atom. The van der Waals surface area contributed by atoms with E-state index in [1.54, 1.807) is 6.20 Å². The third-order valence-corrected chi connectivity index (χ3v) is 2.78. The summed E-state index contributed by atoms with van der Waals surface area (Å²) < 4.78 is 11.1. The third-order valence-electron chi connectivity index (χ3n) is 2.78. The molecule has 0 saturated carbocycles. The molecule has 3 rings (SSSR count). The first kappa shape index (κ1) is 9.59. The second kappa shape index (κ2) is 3.75. The summed E-state index contributed by atoms with van der Waals surface area (Å²) in [6.45, 7) is 3.38. The summed E-state index contributed by atoms with van der Waals surface area (Å²) in [6, 6.07) is 1.87. The van der Waals surface area contributed by atoms with Crippen LogP contribution in [-0.4, -0.2) is 34.5 Å². The summed E-state index contributed by atoms with van der Waals surface area (Å²) in [7, 11) is 0. The molecule has 1 aliphatic heterocycles. The van der Waals surface area contributed by atoms with Gasteiger partial charge in [0, 0.05) is 18.3 Å². The number of fused-ring (bicyclic) bond motifs is 1. The SMILES string of the molecule is Cc1[nH]nc2ccnc(O[C@H]3CCOC3)c12. The number of pyridine rings is 1. The molecule has 0 amide bonds. The molecular formula is C11H13N3O2. The Bertz CT molecular complexity index is 503. The lowest BCUT2D eigenvalue weighted by Crippen LogP contribution is -2.16. The molecule has 1 saturated heterocycles. The molecule has 5 nitrogen and oxygen atoms in total. The highest BCUT2D eigenvalue weighted by molar-refractivity contribution is 5.85. The number of aryl methyl sites for hydroxylation is 1. The van der Waals surface area contributed by atoms with Crippen LogP contribution in [0.2, 0.25) is 0 Å². The molecule has 0 aliphatic carbocycles. The fourth-order valence-corrected chi connectivity index (χ4v) is 1.93. The average molecular weight is 219 g/mol. The molecule has 3 heterocycles. The molecule has 2 aromatic rings. The molecule has 1 atom stereocenters. The number of rotatable bonds is 2. The maximum atomic E-state index is 5.83. The second-order valence-electron chi connectivity index (χ2n) is 3.96. The molecule has 1 aliphatic rings. The molecule has 1 N–H and O–H groups in total. The largest absolute Gasteiger partial charge is 0.471 e. The minimum Gasteiger partial charge on any atom is -0.471 e. The van der Waals surface area contributed by atoms with E-state index in [0.29, 0.717) is 12.5 Å². The fourth-order valence-electron chi connectivity index (χ4n) is 1.93. The van der Waals surface area contributed by atoms with Crippen LogP contribution in [0, 0.1) is 6.92 Å². The van der Waals surface area contributed by atoms with E-state index in [1.807, 2.05) is 13.0 Å². The molecule has 16 heavy (non-hydrogen) atoms. The van der Waals surface area contributed by atoms with Gasteiger partial charge in [-0.3, -0.25) is 5.10 Å². The van der Waals surface area contributed by atoms with Crippen molar-refractivity contribution >= 4 is 10.9 Å². The number of hydrogen-bond acceptors (Lipinski definition) is 4. The Morgan fingerprint density at radius 3 is 3.31 bits per heavy atom. The lowest BCUT2D eigenvalue weighted by molar-refractivity contribution is 0.139. The zero-order valence-corrected chi connectivity index (χ0v) is 9.06. The number of hydrogen-bond donors (Lipinski definition) is 1. The van der Waals surface area contributed by atoms with Gasteiger partial charge in [0.1, 0.15) is 6.10 Å². The first-order valence-electron chi connectivity index (χ1n) is 5.38. The quantitative estimate of drug-likeness (QED) is 0.830. The van der Waals surface area contributed by atoms with Crippen molar-refractivity contribution in [3.05, 3.63) is 18.0 Å².